The Labute approximate surface area is 174 Å². The number of nitriles is 1. The van der Waals surface area contributed by atoms with Gasteiger partial charge >= 0.3 is 0 Å². The van der Waals surface area contributed by atoms with Gasteiger partial charge in [0, 0.05) is 30.1 Å². The quantitative estimate of drug-likeness (QED) is 0.448. The number of benzene rings is 1. The lowest BCUT2D eigenvalue weighted by molar-refractivity contribution is 0.829. The topological polar surface area (TPSA) is 136 Å². The van der Waals surface area contributed by atoms with E-state index in [-0.39, 0.29) is 28.2 Å². The molecule has 1 aromatic carbocycles. The standard InChI is InChI=1S/C20H17N7O2S/c21-10-13-16(22)27-18(24-17(13)26-5-7-30-8-6-26)15(20(29)25-27)12-9-11-3-1-2-4-14(11)23-19(12)28/h1-4,9H,5-8,22H2,(H,23,28)(H,25,29). The molecule has 5 rings (SSSR count). The maximum Gasteiger partial charge on any atom is 0.274 e. The van der Waals surface area contributed by atoms with Gasteiger partial charge in [-0.3, -0.25) is 14.7 Å². The van der Waals surface area contributed by atoms with Crippen LogP contribution in [0.4, 0.5) is 11.6 Å². The lowest BCUT2D eigenvalue weighted by atomic mass is 10.1. The van der Waals surface area contributed by atoms with Crippen LogP contribution in [0.5, 0.6) is 0 Å². The molecule has 0 aliphatic carbocycles. The van der Waals surface area contributed by atoms with E-state index in [0.717, 1.165) is 30.0 Å². The van der Waals surface area contributed by atoms with Crippen molar-refractivity contribution in [1.82, 2.24) is 19.6 Å². The van der Waals surface area contributed by atoms with E-state index >= 15 is 0 Å². The second-order valence-electron chi connectivity index (χ2n) is 6.98. The van der Waals surface area contributed by atoms with Crippen molar-refractivity contribution in [3.05, 3.63) is 56.6 Å². The second-order valence-corrected chi connectivity index (χ2v) is 8.21. The highest BCUT2D eigenvalue weighted by molar-refractivity contribution is 7.99. The van der Waals surface area contributed by atoms with Gasteiger partial charge < -0.3 is 15.6 Å². The number of anilines is 2. The average molecular weight is 419 g/mol. The Kier molecular flexibility index (Phi) is 4.25. The van der Waals surface area contributed by atoms with Crippen molar-refractivity contribution in [2.75, 3.05) is 35.2 Å². The highest BCUT2D eigenvalue weighted by Gasteiger charge is 2.25. The molecule has 4 heterocycles. The van der Waals surface area contributed by atoms with E-state index in [4.69, 9.17) is 5.73 Å². The van der Waals surface area contributed by atoms with Crippen molar-refractivity contribution in [2.45, 2.75) is 0 Å². The molecule has 9 nitrogen and oxygen atoms in total. The number of nitrogens with two attached hydrogens (primary N) is 1. The number of hydrogen-bond donors (Lipinski definition) is 3. The predicted octanol–water partition coefficient (Wildman–Crippen LogP) is 1.54. The highest BCUT2D eigenvalue weighted by Crippen LogP contribution is 2.29. The van der Waals surface area contributed by atoms with Crippen LogP contribution in [0.25, 0.3) is 27.7 Å². The van der Waals surface area contributed by atoms with E-state index in [0.29, 0.717) is 11.3 Å². The fourth-order valence-electron chi connectivity index (χ4n) is 3.77. The second kappa shape index (κ2) is 6.96. The molecule has 0 radical (unpaired) electrons. The number of fused-ring (bicyclic) bond motifs is 2. The fraction of sp³-hybridized carbons (Fsp3) is 0.200. The molecular weight excluding hydrogens is 402 g/mol. The van der Waals surface area contributed by atoms with Crippen molar-refractivity contribution >= 4 is 39.9 Å². The lowest BCUT2D eigenvalue weighted by Crippen LogP contribution is -2.34. The molecule has 0 amide bonds. The first kappa shape index (κ1) is 18.3. The van der Waals surface area contributed by atoms with Crippen LogP contribution in [0.1, 0.15) is 5.56 Å². The smallest absolute Gasteiger partial charge is 0.274 e. The summed E-state index contributed by atoms with van der Waals surface area (Å²) in [4.78, 5) is 35.1. The molecule has 3 aromatic heterocycles. The number of nitrogens with one attached hydrogen (secondary N) is 2. The highest BCUT2D eigenvalue weighted by atomic mass is 32.2. The molecule has 1 aliphatic rings. The van der Waals surface area contributed by atoms with Gasteiger partial charge in [-0.25, -0.2) is 9.50 Å². The zero-order valence-electron chi connectivity index (χ0n) is 15.8. The molecule has 150 valence electrons. The third-order valence-corrected chi connectivity index (χ3v) is 6.20. The first-order chi connectivity index (χ1) is 14.6. The number of rotatable bonds is 2. The van der Waals surface area contributed by atoms with Crippen molar-refractivity contribution in [1.29, 1.82) is 5.26 Å². The van der Waals surface area contributed by atoms with E-state index in [2.05, 4.69) is 21.1 Å². The van der Waals surface area contributed by atoms with Gasteiger partial charge in [0.15, 0.2) is 11.5 Å². The summed E-state index contributed by atoms with van der Waals surface area (Å²) in [5.41, 5.74) is 6.79. The van der Waals surface area contributed by atoms with Gasteiger partial charge in [0.2, 0.25) is 0 Å². The van der Waals surface area contributed by atoms with Crippen LogP contribution < -0.4 is 21.8 Å². The Morgan fingerprint density at radius 1 is 1.17 bits per heavy atom. The molecular formula is C20H17N7O2S. The van der Waals surface area contributed by atoms with Crippen molar-refractivity contribution in [3.63, 3.8) is 0 Å². The molecule has 1 fully saturated rings. The zero-order chi connectivity index (χ0) is 20.8. The molecule has 10 heteroatoms. The van der Waals surface area contributed by atoms with Crippen LogP contribution in [0, 0.1) is 11.3 Å². The number of nitrogens with zero attached hydrogens (tertiary/aromatic N) is 4. The number of hydrogen-bond acceptors (Lipinski definition) is 7. The SMILES string of the molecule is N#Cc1c(N2CCSCC2)nc2c(-c3cc4ccccc4[nH]c3=O)c(=O)[nH]n2c1N. The van der Waals surface area contributed by atoms with Gasteiger partial charge in [-0.05, 0) is 17.5 Å². The van der Waals surface area contributed by atoms with E-state index < -0.39 is 11.1 Å². The average Bonchev–Trinajstić information content (AvgIpc) is 3.10. The normalized spacial score (nSPS) is 14.3. The fourth-order valence-corrected chi connectivity index (χ4v) is 4.68. The van der Waals surface area contributed by atoms with Crippen LogP contribution in [-0.4, -0.2) is 44.2 Å². The Morgan fingerprint density at radius 3 is 2.70 bits per heavy atom. The molecule has 0 bridgehead atoms. The molecule has 4 aromatic rings. The molecule has 0 unspecified atom stereocenters. The minimum Gasteiger partial charge on any atom is -0.382 e. The molecule has 0 spiro atoms. The lowest BCUT2D eigenvalue weighted by Gasteiger charge is -2.28. The van der Waals surface area contributed by atoms with Crippen LogP contribution in [0.2, 0.25) is 0 Å². The van der Waals surface area contributed by atoms with Gasteiger partial charge in [-0.15, -0.1) is 0 Å². The number of H-pyrrole nitrogens is 2. The van der Waals surface area contributed by atoms with Gasteiger partial charge in [0.05, 0.1) is 11.1 Å². The predicted molar refractivity (Wildman–Crippen MR) is 118 cm³/mol. The van der Waals surface area contributed by atoms with Gasteiger partial charge in [-0.2, -0.15) is 17.0 Å². The Morgan fingerprint density at radius 2 is 1.93 bits per heavy atom. The number of para-hydroxylation sites is 1. The first-order valence-corrected chi connectivity index (χ1v) is 10.5. The summed E-state index contributed by atoms with van der Waals surface area (Å²) in [7, 11) is 0. The summed E-state index contributed by atoms with van der Waals surface area (Å²) in [6.07, 6.45) is 0. The van der Waals surface area contributed by atoms with Gasteiger partial charge in [0.25, 0.3) is 11.1 Å². The van der Waals surface area contributed by atoms with Crippen molar-refractivity contribution in [3.8, 4) is 17.2 Å². The van der Waals surface area contributed by atoms with Crippen LogP contribution in [0.15, 0.2) is 39.9 Å². The van der Waals surface area contributed by atoms with Crippen molar-refractivity contribution < 1.29 is 0 Å². The van der Waals surface area contributed by atoms with Crippen LogP contribution >= 0.6 is 11.8 Å². The summed E-state index contributed by atoms with van der Waals surface area (Å²) in [5.74, 6) is 2.35. The third kappa shape index (κ3) is 2.74. The number of nitrogen functional groups attached to an aromatic ring is 1. The molecule has 4 N–H and O–H groups in total. The zero-order valence-corrected chi connectivity index (χ0v) is 16.6. The number of thioether (sulfide) groups is 1. The van der Waals surface area contributed by atoms with E-state index in [1.807, 2.05) is 34.9 Å². The monoisotopic (exact) mass is 419 g/mol. The van der Waals surface area contributed by atoms with Gasteiger partial charge in [-0.1, -0.05) is 18.2 Å². The largest absolute Gasteiger partial charge is 0.382 e. The molecule has 1 saturated heterocycles. The van der Waals surface area contributed by atoms with E-state index in [1.165, 1.54) is 4.52 Å². The minimum absolute atomic E-state index is 0.0938. The maximum atomic E-state index is 12.8. The summed E-state index contributed by atoms with van der Waals surface area (Å²) in [6, 6.07) is 11.1. The molecule has 0 saturated carbocycles. The Balaban J connectivity index is 1.82. The maximum absolute atomic E-state index is 12.8. The summed E-state index contributed by atoms with van der Waals surface area (Å²) in [6.45, 7) is 1.45. The minimum atomic E-state index is -0.495. The summed E-state index contributed by atoms with van der Waals surface area (Å²) < 4.78 is 1.28. The van der Waals surface area contributed by atoms with Crippen molar-refractivity contribution in [2.24, 2.45) is 0 Å². The number of pyridine rings is 1. The number of aromatic nitrogens is 4. The first-order valence-electron chi connectivity index (χ1n) is 9.38. The summed E-state index contributed by atoms with van der Waals surface area (Å²) >= 11 is 1.83. The third-order valence-electron chi connectivity index (χ3n) is 5.25. The summed E-state index contributed by atoms with van der Waals surface area (Å²) in [5, 5.41) is 13.1. The molecule has 1 aliphatic heterocycles. The van der Waals surface area contributed by atoms with Crippen LogP contribution in [-0.2, 0) is 0 Å². The van der Waals surface area contributed by atoms with Gasteiger partial charge in [0.1, 0.15) is 17.5 Å². The Hall–Kier alpha value is -3.71. The molecule has 30 heavy (non-hydrogen) atoms. The van der Waals surface area contributed by atoms with Crippen LogP contribution in [0.3, 0.4) is 0 Å². The van der Waals surface area contributed by atoms with E-state index in [9.17, 15) is 14.9 Å². The number of aromatic amines is 2. The van der Waals surface area contributed by atoms with E-state index in [1.54, 1.807) is 12.1 Å². The molecule has 0 atom stereocenters. The Bertz CT molecular complexity index is 1450.